The van der Waals surface area contributed by atoms with Crippen molar-refractivity contribution in [3.05, 3.63) is 35.9 Å². The molecule has 0 radical (unpaired) electrons. The van der Waals surface area contributed by atoms with Gasteiger partial charge in [-0.1, -0.05) is 30.3 Å². The fraction of sp³-hybridized carbons (Fsp3) is 0.364. The van der Waals surface area contributed by atoms with Crippen LogP contribution in [0.5, 0.6) is 0 Å². The molecule has 0 aliphatic heterocycles. The minimum Gasteiger partial charge on any atom is -0.550 e. The van der Waals surface area contributed by atoms with Crippen molar-refractivity contribution in [2.45, 2.75) is 25.4 Å². The van der Waals surface area contributed by atoms with Gasteiger partial charge in [-0.25, -0.2) is 0 Å². The number of aliphatic hydroxyl groups excluding tert-OH is 1. The Morgan fingerprint density at radius 3 is 2.47 bits per heavy atom. The van der Waals surface area contributed by atoms with Crippen LogP contribution in [0.4, 0.5) is 0 Å². The Hall–Kier alpha value is -0.350. The Bertz CT molecular complexity index is 287. The topological polar surface area (TPSA) is 60.4 Å². The van der Waals surface area contributed by atoms with E-state index >= 15 is 0 Å². The van der Waals surface area contributed by atoms with Crippen LogP contribution in [0.2, 0.25) is 0 Å². The molecule has 76 valence electrons. The Morgan fingerprint density at radius 1 is 1.33 bits per heavy atom. The largest absolute Gasteiger partial charge is 1.00 e. The monoisotopic (exact) mass is 216 g/mol. The number of aliphatic hydroxyl groups is 1. The number of hydrogen-bond acceptors (Lipinski definition) is 3. The van der Waals surface area contributed by atoms with Gasteiger partial charge in [0, 0.05) is 5.97 Å². The minimum absolute atomic E-state index is 0. The molecule has 0 aliphatic rings. The van der Waals surface area contributed by atoms with Gasteiger partial charge in [-0.2, -0.15) is 0 Å². The average Bonchev–Trinajstić information content (AvgIpc) is 2.18. The standard InChI is InChI=1S/C11H14O3.Na/c12-10(7-4-8-11(13)14)9-5-2-1-3-6-9;/h1-3,5-6,10,12H,4,7-8H2,(H,13,14);/q;+1/p-1. The van der Waals surface area contributed by atoms with Gasteiger partial charge in [-0.05, 0) is 24.8 Å². The molecular formula is C11H13NaO3. The second-order valence-corrected chi connectivity index (χ2v) is 3.19. The molecule has 4 heteroatoms. The van der Waals surface area contributed by atoms with E-state index in [1.165, 1.54) is 0 Å². The van der Waals surface area contributed by atoms with Crippen molar-refractivity contribution in [3.63, 3.8) is 0 Å². The summed E-state index contributed by atoms with van der Waals surface area (Å²) in [4.78, 5) is 10.1. The van der Waals surface area contributed by atoms with Crippen molar-refractivity contribution in [2.24, 2.45) is 0 Å². The zero-order chi connectivity index (χ0) is 10.4. The van der Waals surface area contributed by atoms with Crippen LogP contribution >= 0.6 is 0 Å². The third-order valence-electron chi connectivity index (χ3n) is 2.04. The summed E-state index contributed by atoms with van der Waals surface area (Å²) in [6.45, 7) is 0. The van der Waals surface area contributed by atoms with Crippen molar-refractivity contribution >= 4 is 5.97 Å². The second kappa shape index (κ2) is 7.88. The van der Waals surface area contributed by atoms with Crippen molar-refractivity contribution < 1.29 is 44.6 Å². The van der Waals surface area contributed by atoms with E-state index in [-0.39, 0.29) is 36.0 Å². The van der Waals surface area contributed by atoms with Crippen LogP contribution in [0.15, 0.2) is 30.3 Å². The number of aliphatic carboxylic acids is 1. The van der Waals surface area contributed by atoms with Gasteiger partial charge in [0.1, 0.15) is 0 Å². The van der Waals surface area contributed by atoms with E-state index in [4.69, 9.17) is 0 Å². The number of carbonyl (C=O) groups is 1. The first-order valence-corrected chi connectivity index (χ1v) is 4.63. The maximum atomic E-state index is 10.1. The van der Waals surface area contributed by atoms with Crippen LogP contribution < -0.4 is 34.7 Å². The summed E-state index contributed by atoms with van der Waals surface area (Å²) in [7, 11) is 0. The molecule has 1 rings (SSSR count). The van der Waals surface area contributed by atoms with Gasteiger partial charge in [-0.3, -0.25) is 0 Å². The van der Waals surface area contributed by atoms with Crippen LogP contribution in [0.3, 0.4) is 0 Å². The minimum atomic E-state index is -1.06. The van der Waals surface area contributed by atoms with E-state index in [1.54, 1.807) is 0 Å². The van der Waals surface area contributed by atoms with E-state index in [0.29, 0.717) is 12.8 Å². The van der Waals surface area contributed by atoms with Gasteiger partial charge in [0.2, 0.25) is 0 Å². The second-order valence-electron chi connectivity index (χ2n) is 3.19. The molecule has 0 aliphatic carbocycles. The summed E-state index contributed by atoms with van der Waals surface area (Å²) in [5.74, 6) is -1.06. The third kappa shape index (κ3) is 5.95. The number of rotatable bonds is 5. The van der Waals surface area contributed by atoms with Crippen LogP contribution in [0, 0.1) is 0 Å². The molecule has 0 saturated carbocycles. The molecule has 1 unspecified atom stereocenters. The zero-order valence-corrected chi connectivity index (χ0v) is 10.8. The summed E-state index contributed by atoms with van der Waals surface area (Å²) in [5, 5.41) is 19.7. The Kier molecular flexibility index (Phi) is 7.70. The Morgan fingerprint density at radius 2 is 1.93 bits per heavy atom. The quantitative estimate of drug-likeness (QED) is 0.560. The van der Waals surface area contributed by atoms with Crippen LogP contribution in [-0.2, 0) is 4.79 Å². The summed E-state index contributed by atoms with van der Waals surface area (Å²) in [6, 6.07) is 9.21. The predicted molar refractivity (Wildman–Crippen MR) is 50.3 cm³/mol. The van der Waals surface area contributed by atoms with E-state index in [0.717, 1.165) is 5.56 Å². The van der Waals surface area contributed by atoms with Gasteiger partial charge < -0.3 is 15.0 Å². The summed E-state index contributed by atoms with van der Waals surface area (Å²) in [5.41, 5.74) is 0.825. The van der Waals surface area contributed by atoms with E-state index in [2.05, 4.69) is 0 Å². The maximum absolute atomic E-state index is 10.1. The molecule has 0 amide bonds. The van der Waals surface area contributed by atoms with E-state index in [1.807, 2.05) is 30.3 Å². The molecule has 1 atom stereocenters. The Labute approximate surface area is 111 Å². The van der Waals surface area contributed by atoms with Gasteiger partial charge in [0.25, 0.3) is 0 Å². The van der Waals surface area contributed by atoms with E-state index < -0.39 is 12.1 Å². The summed E-state index contributed by atoms with van der Waals surface area (Å²) >= 11 is 0. The molecule has 1 N–H and O–H groups in total. The van der Waals surface area contributed by atoms with Crippen LogP contribution in [0.1, 0.15) is 30.9 Å². The normalized spacial score (nSPS) is 11.5. The smallest absolute Gasteiger partial charge is 0.550 e. The molecule has 0 spiro atoms. The Balaban J connectivity index is 0.00000196. The maximum Gasteiger partial charge on any atom is 1.00 e. The third-order valence-corrected chi connectivity index (χ3v) is 2.04. The number of hydrogen-bond donors (Lipinski definition) is 1. The molecule has 0 bridgehead atoms. The SMILES string of the molecule is O=C([O-])CCCC(O)c1ccccc1.[Na+]. The molecule has 0 heterocycles. The number of carbonyl (C=O) groups excluding carboxylic acids is 1. The predicted octanol–water partition coefficient (Wildman–Crippen LogP) is -2.36. The average molecular weight is 216 g/mol. The van der Waals surface area contributed by atoms with Crippen molar-refractivity contribution in [2.75, 3.05) is 0 Å². The molecule has 1 aromatic carbocycles. The first-order valence-electron chi connectivity index (χ1n) is 4.63. The van der Waals surface area contributed by atoms with Gasteiger partial charge in [0.05, 0.1) is 6.10 Å². The fourth-order valence-corrected chi connectivity index (χ4v) is 1.28. The fourth-order valence-electron chi connectivity index (χ4n) is 1.28. The van der Waals surface area contributed by atoms with Gasteiger partial charge >= 0.3 is 29.6 Å². The molecule has 3 nitrogen and oxygen atoms in total. The van der Waals surface area contributed by atoms with Crippen molar-refractivity contribution in [1.82, 2.24) is 0 Å². The van der Waals surface area contributed by atoms with Crippen LogP contribution in [-0.4, -0.2) is 11.1 Å². The van der Waals surface area contributed by atoms with E-state index in [9.17, 15) is 15.0 Å². The number of carboxylic acids is 1. The molecule has 0 fully saturated rings. The number of benzene rings is 1. The number of carboxylic acid groups (broad SMARTS) is 1. The molecule has 0 saturated heterocycles. The van der Waals surface area contributed by atoms with Gasteiger partial charge in [0.15, 0.2) is 0 Å². The van der Waals surface area contributed by atoms with Gasteiger partial charge in [-0.15, -0.1) is 0 Å². The molecule has 15 heavy (non-hydrogen) atoms. The van der Waals surface area contributed by atoms with Crippen LogP contribution in [0.25, 0.3) is 0 Å². The summed E-state index contributed by atoms with van der Waals surface area (Å²) < 4.78 is 0. The zero-order valence-electron chi connectivity index (χ0n) is 8.85. The molecular weight excluding hydrogens is 203 g/mol. The van der Waals surface area contributed by atoms with Crippen molar-refractivity contribution in [1.29, 1.82) is 0 Å². The van der Waals surface area contributed by atoms with Crippen molar-refractivity contribution in [3.8, 4) is 0 Å². The first-order chi connectivity index (χ1) is 6.70. The first kappa shape index (κ1) is 14.6. The molecule has 1 aromatic rings. The molecule has 0 aromatic heterocycles. The summed E-state index contributed by atoms with van der Waals surface area (Å²) in [6.07, 6.45) is 0.329.